The number of halogens is 2. The number of methoxy groups -OCH3 is 1. The van der Waals surface area contributed by atoms with Gasteiger partial charge in [-0.05, 0) is 54.0 Å². The van der Waals surface area contributed by atoms with Crippen LogP contribution in [0.4, 0.5) is 27.5 Å². The summed E-state index contributed by atoms with van der Waals surface area (Å²) in [5.41, 5.74) is 0.976. The van der Waals surface area contributed by atoms with Gasteiger partial charge >= 0.3 is 0 Å². The van der Waals surface area contributed by atoms with Gasteiger partial charge < -0.3 is 30.0 Å². The maximum atomic E-state index is 14.5. The normalized spacial score (nSPS) is 18.2. The van der Waals surface area contributed by atoms with Crippen molar-refractivity contribution >= 4 is 45.0 Å². The van der Waals surface area contributed by atoms with Crippen LogP contribution in [0.15, 0.2) is 45.6 Å². The van der Waals surface area contributed by atoms with Crippen molar-refractivity contribution in [3.05, 3.63) is 52.8 Å². The number of nitrogens with one attached hydrogen (secondary N) is 3. The van der Waals surface area contributed by atoms with E-state index in [1.54, 1.807) is 30.3 Å². The van der Waals surface area contributed by atoms with Crippen LogP contribution in [-0.2, 0) is 0 Å². The van der Waals surface area contributed by atoms with Crippen LogP contribution in [0.5, 0.6) is 5.75 Å². The van der Waals surface area contributed by atoms with E-state index in [4.69, 9.17) is 9.15 Å². The molecule has 0 aliphatic carbocycles. The Morgan fingerprint density at radius 2 is 2.03 bits per heavy atom. The summed E-state index contributed by atoms with van der Waals surface area (Å²) in [5, 5.41) is 9.16. The molecule has 33 heavy (non-hydrogen) atoms. The average Bonchev–Trinajstić information content (AvgIpc) is 3.22. The number of aromatic nitrogens is 2. The number of rotatable bonds is 6. The van der Waals surface area contributed by atoms with Crippen molar-refractivity contribution in [1.29, 1.82) is 0 Å². The van der Waals surface area contributed by atoms with E-state index in [1.165, 1.54) is 7.11 Å². The minimum atomic E-state index is -0.574. The maximum Gasteiger partial charge on any atom is 0.291 e. The summed E-state index contributed by atoms with van der Waals surface area (Å²) in [6.07, 6.45) is 1.16. The average molecular weight is 519 g/mol. The summed E-state index contributed by atoms with van der Waals surface area (Å²) in [6.45, 7) is 5.62. The molecular weight excluding hydrogens is 495 g/mol. The summed E-state index contributed by atoms with van der Waals surface area (Å²) in [4.78, 5) is 23.0. The van der Waals surface area contributed by atoms with Gasteiger partial charge in [0.1, 0.15) is 5.75 Å². The summed E-state index contributed by atoms with van der Waals surface area (Å²) in [5.74, 6) is 0.0507. The summed E-state index contributed by atoms with van der Waals surface area (Å²) >= 11 is 3.17. The fourth-order valence-corrected chi connectivity index (χ4v) is 4.02. The van der Waals surface area contributed by atoms with Gasteiger partial charge in [-0.1, -0.05) is 0 Å². The Balaban J connectivity index is 1.52. The molecule has 174 valence electrons. The lowest BCUT2D eigenvalue weighted by atomic mass is 10.1. The van der Waals surface area contributed by atoms with Crippen LogP contribution in [0, 0.1) is 5.82 Å². The second kappa shape index (κ2) is 9.75. The van der Waals surface area contributed by atoms with Gasteiger partial charge in [0, 0.05) is 36.9 Å². The van der Waals surface area contributed by atoms with Gasteiger partial charge in [-0.2, -0.15) is 4.98 Å². The predicted molar refractivity (Wildman–Crippen MR) is 127 cm³/mol. The second-order valence-corrected chi connectivity index (χ2v) is 8.62. The standard InChI is InChI=1S/C22H24BrFN6O3/c1-12-10-30(11-13(2)26-12)22-25-9-15(24)20(29-22)27-14-4-5-16(18(8-14)32-3)28-21(31)17-6-7-19(23)33-17/h4-9,12-13,26H,10-11H2,1-3H3,(H,28,31)(H,25,27,29)/t12-,13+. The molecule has 1 saturated heterocycles. The van der Waals surface area contributed by atoms with E-state index in [0.29, 0.717) is 27.7 Å². The van der Waals surface area contributed by atoms with Gasteiger partial charge in [0.15, 0.2) is 22.1 Å². The zero-order valence-corrected chi connectivity index (χ0v) is 19.9. The molecule has 1 aliphatic rings. The van der Waals surface area contributed by atoms with Crippen molar-refractivity contribution in [3.63, 3.8) is 0 Å². The molecule has 0 spiro atoms. The third-order valence-corrected chi connectivity index (χ3v) is 5.51. The number of nitrogens with zero attached hydrogens (tertiary/aromatic N) is 3. The minimum Gasteiger partial charge on any atom is -0.494 e. The number of piperazine rings is 1. The Hall–Kier alpha value is -3.18. The molecule has 0 radical (unpaired) electrons. The molecule has 1 fully saturated rings. The molecule has 0 saturated carbocycles. The molecule has 2 aromatic heterocycles. The highest BCUT2D eigenvalue weighted by atomic mass is 79.9. The van der Waals surface area contributed by atoms with Crippen molar-refractivity contribution < 1.29 is 18.3 Å². The maximum absolute atomic E-state index is 14.5. The smallest absolute Gasteiger partial charge is 0.291 e. The molecule has 4 rings (SSSR count). The Kier molecular flexibility index (Phi) is 6.80. The zero-order chi connectivity index (χ0) is 23.5. The molecule has 3 heterocycles. The highest BCUT2D eigenvalue weighted by Gasteiger charge is 2.24. The largest absolute Gasteiger partial charge is 0.494 e. The first kappa shape index (κ1) is 23.0. The lowest BCUT2D eigenvalue weighted by molar-refractivity contribution is 0.0995. The third kappa shape index (κ3) is 5.42. The van der Waals surface area contributed by atoms with E-state index >= 15 is 0 Å². The molecule has 11 heteroatoms. The van der Waals surface area contributed by atoms with Crippen molar-refractivity contribution in [2.24, 2.45) is 0 Å². The van der Waals surface area contributed by atoms with Gasteiger partial charge in [-0.15, -0.1) is 0 Å². The monoisotopic (exact) mass is 518 g/mol. The number of ether oxygens (including phenoxy) is 1. The second-order valence-electron chi connectivity index (χ2n) is 7.84. The highest BCUT2D eigenvalue weighted by Crippen LogP contribution is 2.31. The fraction of sp³-hybridized carbons (Fsp3) is 0.318. The van der Waals surface area contributed by atoms with Crippen molar-refractivity contribution in [3.8, 4) is 5.75 Å². The van der Waals surface area contributed by atoms with Crippen LogP contribution >= 0.6 is 15.9 Å². The number of carbonyl (C=O) groups excluding carboxylic acids is 1. The van der Waals surface area contributed by atoms with E-state index in [1.807, 2.05) is 4.90 Å². The van der Waals surface area contributed by atoms with Gasteiger partial charge in [-0.25, -0.2) is 9.37 Å². The topological polar surface area (TPSA) is 105 Å². The number of carbonyl (C=O) groups is 1. The molecule has 1 aliphatic heterocycles. The van der Waals surface area contributed by atoms with Crippen LogP contribution in [0.25, 0.3) is 0 Å². The molecule has 1 aromatic carbocycles. The summed E-state index contributed by atoms with van der Waals surface area (Å²) < 4.78 is 25.6. The predicted octanol–water partition coefficient (Wildman–Crippen LogP) is 4.16. The molecule has 0 bridgehead atoms. The van der Waals surface area contributed by atoms with Crippen LogP contribution in [0.3, 0.4) is 0 Å². The van der Waals surface area contributed by atoms with Gasteiger partial charge in [0.25, 0.3) is 5.91 Å². The Morgan fingerprint density at radius 1 is 1.27 bits per heavy atom. The molecule has 2 atom stereocenters. The Morgan fingerprint density at radius 3 is 2.70 bits per heavy atom. The summed E-state index contributed by atoms with van der Waals surface area (Å²) in [6, 6.07) is 8.71. The van der Waals surface area contributed by atoms with Crippen LogP contribution in [-0.4, -0.2) is 48.2 Å². The van der Waals surface area contributed by atoms with Gasteiger partial charge in [0.05, 0.1) is 19.0 Å². The lowest BCUT2D eigenvalue weighted by Crippen LogP contribution is -2.54. The minimum absolute atomic E-state index is 0.0538. The van der Waals surface area contributed by atoms with E-state index in [0.717, 1.165) is 19.3 Å². The van der Waals surface area contributed by atoms with Crippen molar-refractivity contribution in [2.75, 3.05) is 35.7 Å². The quantitative estimate of drug-likeness (QED) is 0.446. The SMILES string of the molecule is COc1cc(Nc2nc(N3C[C@@H](C)N[C@@H](C)C3)ncc2F)ccc1NC(=O)c1ccc(Br)o1. The first-order valence-corrected chi connectivity index (χ1v) is 11.2. The molecule has 9 nitrogen and oxygen atoms in total. The highest BCUT2D eigenvalue weighted by molar-refractivity contribution is 9.10. The zero-order valence-electron chi connectivity index (χ0n) is 18.4. The summed E-state index contributed by atoms with van der Waals surface area (Å²) in [7, 11) is 1.48. The number of amides is 1. The Bertz CT molecular complexity index is 1150. The van der Waals surface area contributed by atoms with E-state index in [-0.39, 0.29) is 23.7 Å². The number of furan rings is 1. The van der Waals surface area contributed by atoms with Crippen LogP contribution < -0.4 is 25.6 Å². The first-order chi connectivity index (χ1) is 15.8. The Labute approximate surface area is 198 Å². The molecule has 3 aromatic rings. The number of hydrogen-bond acceptors (Lipinski definition) is 8. The van der Waals surface area contributed by atoms with E-state index < -0.39 is 11.7 Å². The fourth-order valence-electron chi connectivity index (χ4n) is 3.72. The van der Waals surface area contributed by atoms with Crippen molar-refractivity contribution in [2.45, 2.75) is 25.9 Å². The molecule has 3 N–H and O–H groups in total. The lowest BCUT2D eigenvalue weighted by Gasteiger charge is -2.36. The molecule has 1 amide bonds. The third-order valence-electron chi connectivity index (χ3n) is 5.08. The number of anilines is 4. The van der Waals surface area contributed by atoms with E-state index in [2.05, 4.69) is 55.7 Å². The molecule has 0 unspecified atom stereocenters. The number of benzene rings is 1. The van der Waals surface area contributed by atoms with Crippen molar-refractivity contribution in [1.82, 2.24) is 15.3 Å². The molecular formula is C22H24BrFN6O3. The van der Waals surface area contributed by atoms with Gasteiger partial charge in [-0.3, -0.25) is 4.79 Å². The first-order valence-electron chi connectivity index (χ1n) is 10.4. The number of hydrogen-bond donors (Lipinski definition) is 3. The van der Waals surface area contributed by atoms with Crippen LogP contribution in [0.1, 0.15) is 24.4 Å². The van der Waals surface area contributed by atoms with Crippen LogP contribution in [0.2, 0.25) is 0 Å². The van der Waals surface area contributed by atoms with E-state index in [9.17, 15) is 9.18 Å². The van der Waals surface area contributed by atoms with Gasteiger partial charge in [0.2, 0.25) is 5.95 Å².